The Morgan fingerprint density at radius 2 is 1.86 bits per heavy atom. The minimum Gasteiger partial charge on any atom is -0.506 e. The fraction of sp³-hybridized carbons (Fsp3) is 0.400. The molecule has 0 aliphatic carbocycles. The third kappa shape index (κ3) is 2.89. The topological polar surface area (TPSA) is 29.5 Å². The van der Waals surface area contributed by atoms with Crippen molar-refractivity contribution in [1.82, 2.24) is 0 Å². The average Bonchev–Trinajstić information content (AvgIpc) is 2.14. The summed E-state index contributed by atoms with van der Waals surface area (Å²) in [5.74, 6) is 0.942. The number of aromatic hydroxyl groups is 1. The van der Waals surface area contributed by atoms with Crippen LogP contribution in [-0.2, 0) is 0 Å². The number of ether oxygens (including phenoxy) is 1. The lowest BCUT2D eigenvalue weighted by Gasteiger charge is -2.13. The van der Waals surface area contributed by atoms with E-state index in [1.807, 2.05) is 6.92 Å². The van der Waals surface area contributed by atoms with Gasteiger partial charge in [-0.1, -0.05) is 6.92 Å². The van der Waals surface area contributed by atoms with E-state index in [-0.39, 0.29) is 11.9 Å². The van der Waals surface area contributed by atoms with E-state index in [1.165, 1.54) is 0 Å². The number of phenols is 1. The van der Waals surface area contributed by atoms with Gasteiger partial charge in [-0.3, -0.25) is 0 Å². The fourth-order valence-corrected chi connectivity index (χ4v) is 2.07. The van der Waals surface area contributed by atoms with Gasteiger partial charge < -0.3 is 9.84 Å². The van der Waals surface area contributed by atoms with E-state index >= 15 is 0 Å². The van der Waals surface area contributed by atoms with Gasteiger partial charge in [-0.15, -0.1) is 0 Å². The Morgan fingerprint density at radius 3 is 2.29 bits per heavy atom. The molecule has 0 fully saturated rings. The third-order valence-corrected chi connectivity index (χ3v) is 3.11. The van der Waals surface area contributed by atoms with Crippen LogP contribution < -0.4 is 4.74 Å². The molecule has 0 amide bonds. The lowest BCUT2D eigenvalue weighted by Crippen LogP contribution is -2.09. The predicted molar refractivity (Wildman–Crippen MR) is 63.9 cm³/mol. The molecular formula is C10H12Br2O2. The molecule has 0 aliphatic heterocycles. The molecule has 78 valence electrons. The van der Waals surface area contributed by atoms with E-state index in [2.05, 4.69) is 38.8 Å². The molecule has 4 heteroatoms. The van der Waals surface area contributed by atoms with Gasteiger partial charge in [0.15, 0.2) is 0 Å². The maximum Gasteiger partial charge on any atom is 0.144 e. The molecule has 1 aromatic rings. The van der Waals surface area contributed by atoms with Gasteiger partial charge in [-0.25, -0.2) is 0 Å². The first-order chi connectivity index (χ1) is 6.54. The highest BCUT2D eigenvalue weighted by Crippen LogP contribution is 2.36. The summed E-state index contributed by atoms with van der Waals surface area (Å²) >= 11 is 6.50. The maximum atomic E-state index is 9.47. The summed E-state index contributed by atoms with van der Waals surface area (Å²) in [6.45, 7) is 4.07. The molecule has 0 saturated carbocycles. The summed E-state index contributed by atoms with van der Waals surface area (Å²) in [5, 5.41) is 9.47. The Morgan fingerprint density at radius 1 is 1.36 bits per heavy atom. The number of rotatable bonds is 3. The van der Waals surface area contributed by atoms with E-state index in [0.717, 1.165) is 12.2 Å². The highest BCUT2D eigenvalue weighted by Gasteiger charge is 2.08. The highest BCUT2D eigenvalue weighted by molar-refractivity contribution is 9.11. The quantitative estimate of drug-likeness (QED) is 0.907. The maximum absolute atomic E-state index is 9.47. The van der Waals surface area contributed by atoms with Gasteiger partial charge in [-0.05, 0) is 57.3 Å². The van der Waals surface area contributed by atoms with Crippen LogP contribution in [0.25, 0.3) is 0 Å². The molecule has 0 spiro atoms. The van der Waals surface area contributed by atoms with Crippen molar-refractivity contribution in [1.29, 1.82) is 0 Å². The Kier molecular flexibility index (Phi) is 4.26. The van der Waals surface area contributed by atoms with Gasteiger partial charge in [0, 0.05) is 0 Å². The van der Waals surface area contributed by atoms with Crippen molar-refractivity contribution in [3.05, 3.63) is 21.1 Å². The standard InChI is InChI=1S/C10H12Br2O2/c1-3-6(2)14-7-4-8(11)10(13)9(12)5-7/h4-6,13H,3H2,1-2H3. The number of halogens is 2. The van der Waals surface area contributed by atoms with Crippen LogP contribution in [0.5, 0.6) is 11.5 Å². The molecule has 1 rings (SSSR count). The van der Waals surface area contributed by atoms with Gasteiger partial charge in [0.2, 0.25) is 0 Å². The Hall–Kier alpha value is -0.220. The van der Waals surface area contributed by atoms with Crippen LogP contribution >= 0.6 is 31.9 Å². The molecule has 2 nitrogen and oxygen atoms in total. The fourth-order valence-electron chi connectivity index (χ4n) is 0.926. The summed E-state index contributed by atoms with van der Waals surface area (Å²) < 4.78 is 6.87. The molecule has 0 heterocycles. The Bertz CT molecular complexity index is 303. The monoisotopic (exact) mass is 322 g/mol. The molecular weight excluding hydrogens is 312 g/mol. The zero-order valence-corrected chi connectivity index (χ0v) is 11.2. The van der Waals surface area contributed by atoms with E-state index in [1.54, 1.807) is 12.1 Å². The number of benzene rings is 1. The van der Waals surface area contributed by atoms with E-state index in [9.17, 15) is 5.11 Å². The van der Waals surface area contributed by atoms with Crippen LogP contribution in [0.3, 0.4) is 0 Å². The van der Waals surface area contributed by atoms with Gasteiger partial charge in [0.25, 0.3) is 0 Å². The van der Waals surface area contributed by atoms with Crippen molar-refractivity contribution < 1.29 is 9.84 Å². The van der Waals surface area contributed by atoms with Crippen molar-refractivity contribution >= 4 is 31.9 Å². The second-order valence-electron chi connectivity index (χ2n) is 3.07. The largest absolute Gasteiger partial charge is 0.506 e. The third-order valence-electron chi connectivity index (χ3n) is 1.90. The van der Waals surface area contributed by atoms with Crippen molar-refractivity contribution in [3.8, 4) is 11.5 Å². The van der Waals surface area contributed by atoms with E-state index in [0.29, 0.717) is 8.95 Å². The lowest BCUT2D eigenvalue weighted by molar-refractivity contribution is 0.217. The zero-order chi connectivity index (χ0) is 10.7. The average molecular weight is 324 g/mol. The van der Waals surface area contributed by atoms with E-state index < -0.39 is 0 Å². The molecule has 0 aliphatic rings. The normalized spacial score (nSPS) is 12.6. The number of hydrogen-bond acceptors (Lipinski definition) is 2. The zero-order valence-electron chi connectivity index (χ0n) is 8.05. The molecule has 1 atom stereocenters. The van der Waals surface area contributed by atoms with Crippen LogP contribution in [0.4, 0.5) is 0 Å². The highest BCUT2D eigenvalue weighted by atomic mass is 79.9. The van der Waals surface area contributed by atoms with Crippen LogP contribution in [-0.4, -0.2) is 11.2 Å². The summed E-state index contributed by atoms with van der Waals surface area (Å²) in [6.07, 6.45) is 1.13. The molecule has 0 aromatic heterocycles. The molecule has 0 bridgehead atoms. The second kappa shape index (κ2) is 5.03. The lowest BCUT2D eigenvalue weighted by atomic mass is 10.3. The minimum atomic E-state index is 0.179. The minimum absolute atomic E-state index is 0.179. The summed E-state index contributed by atoms with van der Waals surface area (Å²) in [7, 11) is 0. The van der Waals surface area contributed by atoms with Gasteiger partial charge in [0.05, 0.1) is 15.0 Å². The summed E-state index contributed by atoms with van der Waals surface area (Å²) in [6, 6.07) is 3.51. The first-order valence-electron chi connectivity index (χ1n) is 4.39. The number of hydrogen-bond donors (Lipinski definition) is 1. The summed E-state index contributed by atoms with van der Waals surface area (Å²) in [4.78, 5) is 0. The molecule has 1 unspecified atom stereocenters. The SMILES string of the molecule is CCC(C)Oc1cc(Br)c(O)c(Br)c1. The summed E-state index contributed by atoms with van der Waals surface area (Å²) in [5.41, 5.74) is 0. The number of phenolic OH excluding ortho intramolecular Hbond substituents is 1. The van der Waals surface area contributed by atoms with E-state index in [4.69, 9.17) is 4.74 Å². The van der Waals surface area contributed by atoms with Gasteiger partial charge >= 0.3 is 0 Å². The van der Waals surface area contributed by atoms with Crippen molar-refractivity contribution in [2.75, 3.05) is 0 Å². The van der Waals surface area contributed by atoms with Crippen LogP contribution in [0.1, 0.15) is 20.3 Å². The smallest absolute Gasteiger partial charge is 0.144 e. The molecule has 1 N–H and O–H groups in total. The molecule has 0 saturated heterocycles. The van der Waals surface area contributed by atoms with Crippen molar-refractivity contribution in [3.63, 3.8) is 0 Å². The first-order valence-corrected chi connectivity index (χ1v) is 5.97. The molecule has 0 radical (unpaired) electrons. The molecule has 14 heavy (non-hydrogen) atoms. The predicted octanol–water partition coefficient (Wildman–Crippen LogP) is 4.09. The Labute approximate surface area is 101 Å². The first kappa shape index (κ1) is 11.9. The van der Waals surface area contributed by atoms with Gasteiger partial charge in [-0.2, -0.15) is 0 Å². The van der Waals surface area contributed by atoms with Crippen LogP contribution in [0.2, 0.25) is 0 Å². The molecule has 1 aromatic carbocycles. The van der Waals surface area contributed by atoms with Gasteiger partial charge in [0.1, 0.15) is 11.5 Å². The second-order valence-corrected chi connectivity index (χ2v) is 4.78. The van der Waals surface area contributed by atoms with Crippen molar-refractivity contribution in [2.45, 2.75) is 26.4 Å². The van der Waals surface area contributed by atoms with Crippen LogP contribution in [0, 0.1) is 0 Å². The Balaban J connectivity index is 2.89. The van der Waals surface area contributed by atoms with Crippen molar-refractivity contribution in [2.24, 2.45) is 0 Å². The van der Waals surface area contributed by atoms with Crippen LogP contribution in [0.15, 0.2) is 21.1 Å².